The summed E-state index contributed by atoms with van der Waals surface area (Å²) < 4.78 is 5.70. The molecule has 2 heterocycles. The number of carbonyl (C=O) groups is 1. The first-order chi connectivity index (χ1) is 8.99. The van der Waals surface area contributed by atoms with Gasteiger partial charge in [0.05, 0.1) is 6.20 Å². The van der Waals surface area contributed by atoms with Crippen molar-refractivity contribution in [2.75, 3.05) is 4.90 Å². The van der Waals surface area contributed by atoms with Gasteiger partial charge in [-0.3, -0.25) is 9.69 Å². The highest BCUT2D eigenvalue weighted by molar-refractivity contribution is 6.28. The Kier molecular flexibility index (Phi) is 2.89. The van der Waals surface area contributed by atoms with Crippen LogP contribution in [0.4, 0.5) is 5.82 Å². The zero-order chi connectivity index (χ0) is 13.6. The van der Waals surface area contributed by atoms with Crippen molar-refractivity contribution in [3.05, 3.63) is 11.5 Å². The Bertz CT molecular complexity index is 527. The van der Waals surface area contributed by atoms with E-state index in [2.05, 4.69) is 9.97 Å². The van der Waals surface area contributed by atoms with E-state index in [0.29, 0.717) is 11.6 Å². The first-order valence-corrected chi connectivity index (χ1v) is 6.92. The van der Waals surface area contributed by atoms with Gasteiger partial charge in [-0.1, -0.05) is 12.8 Å². The highest BCUT2D eigenvalue weighted by Crippen LogP contribution is 2.40. The second-order valence-corrected chi connectivity index (χ2v) is 5.89. The van der Waals surface area contributed by atoms with Crippen molar-refractivity contribution in [1.82, 2.24) is 9.97 Å². The van der Waals surface area contributed by atoms with E-state index in [1.54, 1.807) is 24.9 Å². The van der Waals surface area contributed by atoms with Crippen LogP contribution in [0.25, 0.3) is 0 Å². The molecule has 0 unspecified atom stereocenters. The number of aromatic nitrogens is 2. The minimum atomic E-state index is -0.882. The fraction of sp³-hybridized carbons (Fsp3) is 0.615. The Morgan fingerprint density at radius 3 is 2.79 bits per heavy atom. The molecule has 1 aromatic heterocycles. The van der Waals surface area contributed by atoms with Crippen molar-refractivity contribution in [1.29, 1.82) is 0 Å². The lowest BCUT2D eigenvalue weighted by Crippen LogP contribution is -2.55. The summed E-state index contributed by atoms with van der Waals surface area (Å²) in [6.07, 6.45) is 5.83. The van der Waals surface area contributed by atoms with Gasteiger partial charge in [-0.25, -0.2) is 4.98 Å². The molecule has 0 aromatic carbocycles. The van der Waals surface area contributed by atoms with E-state index < -0.39 is 5.60 Å². The van der Waals surface area contributed by atoms with Gasteiger partial charge in [-0.05, 0) is 38.3 Å². The number of hydrogen-bond donors (Lipinski definition) is 0. The Hall–Kier alpha value is -1.36. The van der Waals surface area contributed by atoms with Gasteiger partial charge < -0.3 is 4.74 Å². The monoisotopic (exact) mass is 281 g/mol. The lowest BCUT2D eigenvalue weighted by atomic mass is 10.0. The third-order valence-corrected chi connectivity index (χ3v) is 3.91. The zero-order valence-corrected chi connectivity index (χ0v) is 11.8. The third kappa shape index (κ3) is 2.06. The molecule has 1 aliphatic heterocycles. The zero-order valence-electron chi connectivity index (χ0n) is 11.0. The van der Waals surface area contributed by atoms with E-state index in [0.717, 1.165) is 25.7 Å². The van der Waals surface area contributed by atoms with E-state index >= 15 is 0 Å². The summed E-state index contributed by atoms with van der Waals surface area (Å²) in [5.74, 6) is 0.985. The number of fused-ring (bicyclic) bond motifs is 1. The molecule has 102 valence electrons. The number of nitrogens with zero attached hydrogens (tertiary/aromatic N) is 3. The van der Waals surface area contributed by atoms with Crippen molar-refractivity contribution < 1.29 is 9.53 Å². The quantitative estimate of drug-likeness (QED) is 0.743. The van der Waals surface area contributed by atoms with Crippen molar-refractivity contribution >= 4 is 23.3 Å². The van der Waals surface area contributed by atoms with Gasteiger partial charge in [0.1, 0.15) is 0 Å². The van der Waals surface area contributed by atoms with Gasteiger partial charge in [-0.15, -0.1) is 0 Å². The Labute approximate surface area is 116 Å². The number of amides is 1. The molecule has 0 saturated heterocycles. The summed E-state index contributed by atoms with van der Waals surface area (Å²) in [6.45, 7) is 3.55. The van der Waals surface area contributed by atoms with Crippen LogP contribution >= 0.6 is 11.6 Å². The van der Waals surface area contributed by atoms with Crippen LogP contribution in [0.15, 0.2) is 6.20 Å². The minimum absolute atomic E-state index is 0.0540. The molecule has 1 amide bonds. The lowest BCUT2D eigenvalue weighted by molar-refractivity contribution is -0.133. The predicted octanol–water partition coefficient (Wildman–Crippen LogP) is 2.58. The van der Waals surface area contributed by atoms with Crippen LogP contribution in [0.2, 0.25) is 5.28 Å². The van der Waals surface area contributed by atoms with E-state index in [4.69, 9.17) is 16.3 Å². The van der Waals surface area contributed by atoms with E-state index in [1.807, 2.05) is 0 Å². The van der Waals surface area contributed by atoms with Crippen LogP contribution in [-0.4, -0.2) is 27.5 Å². The number of halogens is 1. The second-order valence-electron chi connectivity index (χ2n) is 5.55. The van der Waals surface area contributed by atoms with E-state index in [9.17, 15) is 4.79 Å². The first-order valence-electron chi connectivity index (χ1n) is 6.54. The van der Waals surface area contributed by atoms with E-state index in [1.165, 1.54) is 0 Å². The smallest absolute Gasteiger partial charge is 0.272 e. The van der Waals surface area contributed by atoms with Crippen LogP contribution in [0.3, 0.4) is 0 Å². The summed E-state index contributed by atoms with van der Waals surface area (Å²) in [5, 5.41) is 0.137. The van der Waals surface area contributed by atoms with E-state index in [-0.39, 0.29) is 17.2 Å². The highest BCUT2D eigenvalue weighted by atomic mass is 35.5. The molecule has 2 aliphatic rings. The number of rotatable bonds is 1. The molecule has 6 heteroatoms. The average Bonchev–Trinajstić information content (AvgIpc) is 2.85. The maximum absolute atomic E-state index is 12.6. The molecular weight excluding hydrogens is 266 g/mol. The number of anilines is 1. The lowest BCUT2D eigenvalue weighted by Gasteiger charge is -2.40. The molecule has 0 bridgehead atoms. The summed E-state index contributed by atoms with van der Waals surface area (Å²) in [7, 11) is 0. The standard InChI is InChI=1S/C13H16ClN3O2/c1-13(2)11(18)17(8-5-3-4-6-8)10-9(19-13)7-15-12(14)16-10/h7-8H,3-6H2,1-2H3. The van der Waals surface area contributed by atoms with Gasteiger partial charge in [0.25, 0.3) is 5.91 Å². The molecule has 5 nitrogen and oxygen atoms in total. The maximum Gasteiger partial charge on any atom is 0.272 e. The topological polar surface area (TPSA) is 55.3 Å². The summed E-state index contributed by atoms with van der Waals surface area (Å²) in [5.41, 5.74) is -0.882. The van der Waals surface area contributed by atoms with Crippen LogP contribution in [0.5, 0.6) is 5.75 Å². The molecule has 3 rings (SSSR count). The fourth-order valence-corrected chi connectivity index (χ4v) is 2.92. The Morgan fingerprint density at radius 1 is 1.42 bits per heavy atom. The molecule has 1 saturated carbocycles. The van der Waals surface area contributed by atoms with Crippen LogP contribution < -0.4 is 9.64 Å². The summed E-state index contributed by atoms with van der Waals surface area (Å²) in [6, 6.07) is 0.195. The molecule has 0 spiro atoms. The minimum Gasteiger partial charge on any atom is -0.472 e. The SMILES string of the molecule is CC1(C)Oc2cnc(Cl)nc2N(C2CCCC2)C1=O. The van der Waals surface area contributed by atoms with Gasteiger partial charge in [-0.2, -0.15) is 4.98 Å². The first kappa shape index (κ1) is 12.7. The summed E-state index contributed by atoms with van der Waals surface area (Å²) >= 11 is 5.85. The Morgan fingerprint density at radius 2 is 2.11 bits per heavy atom. The van der Waals surface area contributed by atoms with Gasteiger partial charge in [0.2, 0.25) is 5.28 Å². The number of carbonyl (C=O) groups excluding carboxylic acids is 1. The molecule has 1 aliphatic carbocycles. The third-order valence-electron chi connectivity index (χ3n) is 3.72. The van der Waals surface area contributed by atoms with Crippen LogP contribution in [-0.2, 0) is 4.79 Å². The molecular formula is C13H16ClN3O2. The fourth-order valence-electron chi connectivity index (χ4n) is 2.79. The predicted molar refractivity (Wildman–Crippen MR) is 71.5 cm³/mol. The van der Waals surface area contributed by atoms with Crippen LogP contribution in [0, 0.1) is 0 Å². The average molecular weight is 282 g/mol. The van der Waals surface area contributed by atoms with Crippen molar-refractivity contribution in [3.63, 3.8) is 0 Å². The molecule has 0 radical (unpaired) electrons. The number of ether oxygens (including phenoxy) is 1. The number of hydrogen-bond acceptors (Lipinski definition) is 4. The van der Waals surface area contributed by atoms with Gasteiger partial charge in [0, 0.05) is 6.04 Å². The normalized spacial score (nSPS) is 22.3. The van der Waals surface area contributed by atoms with Crippen molar-refractivity contribution in [2.24, 2.45) is 0 Å². The summed E-state index contributed by atoms with van der Waals surface area (Å²) in [4.78, 5) is 22.5. The van der Waals surface area contributed by atoms with Crippen molar-refractivity contribution in [2.45, 2.75) is 51.2 Å². The maximum atomic E-state index is 12.6. The molecule has 0 atom stereocenters. The Balaban J connectivity index is 2.09. The van der Waals surface area contributed by atoms with Crippen LogP contribution in [0.1, 0.15) is 39.5 Å². The van der Waals surface area contributed by atoms with Crippen molar-refractivity contribution in [3.8, 4) is 5.75 Å². The molecule has 19 heavy (non-hydrogen) atoms. The largest absolute Gasteiger partial charge is 0.472 e. The molecule has 0 N–H and O–H groups in total. The highest BCUT2D eigenvalue weighted by Gasteiger charge is 2.45. The molecule has 1 fully saturated rings. The molecule has 1 aromatic rings. The van der Waals surface area contributed by atoms with Gasteiger partial charge >= 0.3 is 0 Å². The second kappa shape index (κ2) is 4.34. The van der Waals surface area contributed by atoms with Gasteiger partial charge in [0.15, 0.2) is 17.2 Å².